The fraction of sp³-hybridized carbons (Fsp3) is 0.409. The first-order valence-corrected chi connectivity index (χ1v) is 10.3. The Balaban J connectivity index is 1.49. The minimum absolute atomic E-state index is 0.0431. The molecule has 1 fully saturated rings. The molecular formula is C22H30ClN3O3+2. The van der Waals surface area contributed by atoms with Gasteiger partial charge in [0, 0.05) is 16.3 Å². The lowest BCUT2D eigenvalue weighted by Crippen LogP contribution is -3.28. The minimum atomic E-state index is 0.0431. The van der Waals surface area contributed by atoms with Crippen LogP contribution in [0.5, 0.6) is 11.5 Å². The van der Waals surface area contributed by atoms with E-state index in [9.17, 15) is 4.79 Å². The van der Waals surface area contributed by atoms with E-state index in [-0.39, 0.29) is 5.91 Å². The summed E-state index contributed by atoms with van der Waals surface area (Å²) in [5.41, 5.74) is 3.28. The molecule has 2 aromatic rings. The molecule has 1 saturated heterocycles. The average molecular weight is 420 g/mol. The summed E-state index contributed by atoms with van der Waals surface area (Å²) in [6.07, 6.45) is 0. The molecule has 6 nitrogen and oxygen atoms in total. The number of anilines is 1. The second-order valence-corrected chi connectivity index (χ2v) is 7.98. The van der Waals surface area contributed by atoms with Gasteiger partial charge in [-0.25, -0.2) is 0 Å². The smallest absolute Gasteiger partial charge is 0.279 e. The van der Waals surface area contributed by atoms with Gasteiger partial charge in [0.25, 0.3) is 5.91 Å². The van der Waals surface area contributed by atoms with Crippen LogP contribution < -0.4 is 24.6 Å². The van der Waals surface area contributed by atoms with Crippen LogP contribution in [0.15, 0.2) is 36.4 Å². The zero-order valence-corrected chi connectivity index (χ0v) is 18.1. The van der Waals surface area contributed by atoms with Gasteiger partial charge in [0.15, 0.2) is 18.0 Å². The number of amides is 1. The van der Waals surface area contributed by atoms with Crippen molar-refractivity contribution in [3.8, 4) is 11.5 Å². The lowest BCUT2D eigenvalue weighted by atomic mass is 10.1. The fourth-order valence-corrected chi connectivity index (χ4v) is 3.88. The highest BCUT2D eigenvalue weighted by Crippen LogP contribution is 2.29. The molecule has 1 heterocycles. The summed E-state index contributed by atoms with van der Waals surface area (Å²) < 4.78 is 10.8. The molecule has 0 unspecified atom stereocenters. The predicted molar refractivity (Wildman–Crippen MR) is 114 cm³/mol. The number of hydrogen-bond acceptors (Lipinski definition) is 3. The minimum Gasteiger partial charge on any atom is -0.493 e. The summed E-state index contributed by atoms with van der Waals surface area (Å²) in [6.45, 7) is 7.60. The van der Waals surface area contributed by atoms with Crippen molar-refractivity contribution in [3.05, 3.63) is 52.5 Å². The number of methoxy groups -OCH3 is 2. The molecule has 0 atom stereocenters. The standard InChI is InChI=1S/C22H28ClN3O3/c1-16-12-20(28-2)21(29-3)13-17(16)14-25-8-10-26(11-9-25)15-22(27)24-19-6-4-18(23)5-7-19/h4-7,12-13H,8-11,14-15H2,1-3H3,(H,24,27)/p+2. The lowest BCUT2D eigenvalue weighted by Gasteiger charge is -2.29. The highest BCUT2D eigenvalue weighted by atomic mass is 35.5. The Morgan fingerprint density at radius 1 is 1.00 bits per heavy atom. The van der Waals surface area contributed by atoms with Crippen molar-refractivity contribution in [1.29, 1.82) is 0 Å². The molecule has 7 heteroatoms. The largest absolute Gasteiger partial charge is 0.493 e. The van der Waals surface area contributed by atoms with Crippen LogP contribution in [0.4, 0.5) is 5.69 Å². The highest BCUT2D eigenvalue weighted by Gasteiger charge is 2.25. The van der Waals surface area contributed by atoms with Crippen molar-refractivity contribution in [2.45, 2.75) is 13.5 Å². The molecule has 0 aliphatic carbocycles. The fourth-order valence-electron chi connectivity index (χ4n) is 3.76. The third-order valence-electron chi connectivity index (χ3n) is 5.49. The van der Waals surface area contributed by atoms with Gasteiger partial charge in [0.05, 0.1) is 14.2 Å². The zero-order valence-electron chi connectivity index (χ0n) is 17.3. The molecule has 0 saturated carbocycles. The van der Waals surface area contributed by atoms with E-state index >= 15 is 0 Å². The van der Waals surface area contributed by atoms with Gasteiger partial charge in [-0.1, -0.05) is 11.6 Å². The number of carbonyl (C=O) groups is 1. The molecule has 156 valence electrons. The van der Waals surface area contributed by atoms with Gasteiger partial charge in [-0.15, -0.1) is 0 Å². The van der Waals surface area contributed by atoms with Crippen molar-refractivity contribution in [2.75, 3.05) is 52.3 Å². The molecule has 1 aliphatic rings. The maximum atomic E-state index is 12.3. The summed E-state index contributed by atoms with van der Waals surface area (Å²) in [5.74, 6) is 1.59. The maximum absolute atomic E-state index is 12.3. The summed E-state index contributed by atoms with van der Waals surface area (Å²) >= 11 is 5.88. The van der Waals surface area contributed by atoms with E-state index in [0.29, 0.717) is 11.6 Å². The van der Waals surface area contributed by atoms with Gasteiger partial charge in [-0.3, -0.25) is 4.79 Å². The summed E-state index contributed by atoms with van der Waals surface area (Å²) in [4.78, 5) is 15.2. The number of hydrogen-bond donors (Lipinski definition) is 3. The first-order valence-electron chi connectivity index (χ1n) is 9.92. The van der Waals surface area contributed by atoms with Gasteiger partial charge in [-0.2, -0.15) is 0 Å². The Bertz CT molecular complexity index is 834. The van der Waals surface area contributed by atoms with E-state index in [0.717, 1.165) is 49.9 Å². The van der Waals surface area contributed by atoms with E-state index in [4.69, 9.17) is 21.1 Å². The molecule has 3 rings (SSSR count). The molecule has 0 bridgehead atoms. The van der Waals surface area contributed by atoms with Crippen molar-refractivity contribution >= 4 is 23.2 Å². The monoisotopic (exact) mass is 419 g/mol. The second-order valence-electron chi connectivity index (χ2n) is 7.54. The Hall–Kier alpha value is -2.28. The summed E-state index contributed by atoms with van der Waals surface area (Å²) in [7, 11) is 3.33. The lowest BCUT2D eigenvalue weighted by molar-refractivity contribution is -1.02. The number of quaternary nitrogens is 2. The molecule has 3 N–H and O–H groups in total. The molecule has 0 radical (unpaired) electrons. The number of piperazine rings is 1. The molecule has 1 aliphatic heterocycles. The summed E-state index contributed by atoms with van der Waals surface area (Å²) in [5, 5.41) is 3.61. The van der Waals surface area contributed by atoms with Crippen LogP contribution in [0.25, 0.3) is 0 Å². The van der Waals surface area contributed by atoms with E-state index in [2.05, 4.69) is 18.3 Å². The van der Waals surface area contributed by atoms with Crippen molar-refractivity contribution in [3.63, 3.8) is 0 Å². The quantitative estimate of drug-likeness (QED) is 0.615. The van der Waals surface area contributed by atoms with Gasteiger partial charge in [0.2, 0.25) is 0 Å². The topological polar surface area (TPSA) is 56.4 Å². The SMILES string of the molecule is COc1cc(C)c(C[NH+]2CC[NH+](CC(=O)Nc3ccc(Cl)cc3)CC2)cc1OC. The van der Waals surface area contributed by atoms with E-state index in [1.807, 2.05) is 18.2 Å². The van der Waals surface area contributed by atoms with Crippen molar-refractivity contribution in [1.82, 2.24) is 0 Å². The van der Waals surface area contributed by atoms with Crippen LogP contribution >= 0.6 is 11.6 Å². The Morgan fingerprint density at radius 2 is 1.59 bits per heavy atom. The van der Waals surface area contributed by atoms with Gasteiger partial charge >= 0.3 is 0 Å². The first kappa shape index (κ1) is 21.4. The Labute approximate surface area is 177 Å². The van der Waals surface area contributed by atoms with Crippen LogP contribution in [-0.2, 0) is 11.3 Å². The average Bonchev–Trinajstić information content (AvgIpc) is 2.72. The van der Waals surface area contributed by atoms with Gasteiger partial charge in [-0.05, 0) is 48.9 Å². The molecule has 0 spiro atoms. The van der Waals surface area contributed by atoms with Crippen LogP contribution in [0.3, 0.4) is 0 Å². The van der Waals surface area contributed by atoms with Crippen LogP contribution in [-0.4, -0.2) is 52.9 Å². The van der Waals surface area contributed by atoms with E-state index in [1.165, 1.54) is 20.9 Å². The number of benzene rings is 2. The third-order valence-corrected chi connectivity index (χ3v) is 5.74. The van der Waals surface area contributed by atoms with E-state index < -0.39 is 0 Å². The van der Waals surface area contributed by atoms with Crippen LogP contribution in [0.1, 0.15) is 11.1 Å². The molecular weight excluding hydrogens is 390 g/mol. The molecule has 0 aromatic heterocycles. The normalized spacial score (nSPS) is 18.9. The Morgan fingerprint density at radius 3 is 2.21 bits per heavy atom. The van der Waals surface area contributed by atoms with E-state index in [1.54, 1.807) is 26.4 Å². The highest BCUT2D eigenvalue weighted by molar-refractivity contribution is 6.30. The third kappa shape index (κ3) is 5.85. The first-order chi connectivity index (χ1) is 14.0. The molecule has 2 aromatic carbocycles. The van der Waals surface area contributed by atoms with Crippen LogP contribution in [0, 0.1) is 6.92 Å². The predicted octanol–water partition coefficient (Wildman–Crippen LogP) is 0.588. The van der Waals surface area contributed by atoms with Crippen molar-refractivity contribution in [2.24, 2.45) is 0 Å². The number of halogens is 1. The van der Waals surface area contributed by atoms with Crippen molar-refractivity contribution < 1.29 is 24.1 Å². The number of nitrogens with one attached hydrogen (secondary N) is 3. The number of carbonyl (C=O) groups excluding carboxylic acids is 1. The number of aryl methyl sites for hydroxylation is 1. The van der Waals surface area contributed by atoms with Crippen LogP contribution in [0.2, 0.25) is 5.02 Å². The zero-order chi connectivity index (χ0) is 20.8. The van der Waals surface area contributed by atoms with Gasteiger partial charge in [0.1, 0.15) is 32.7 Å². The Kier molecular flexibility index (Phi) is 7.36. The van der Waals surface area contributed by atoms with Gasteiger partial charge < -0.3 is 24.6 Å². The summed E-state index contributed by atoms with van der Waals surface area (Å²) in [6, 6.07) is 11.3. The second kappa shape index (κ2) is 9.96. The number of ether oxygens (including phenoxy) is 2. The maximum Gasteiger partial charge on any atom is 0.279 e. The number of rotatable bonds is 7. The molecule has 29 heavy (non-hydrogen) atoms. The molecule has 1 amide bonds.